The number of carbonyl (C=O) groups excluding carboxylic acids is 1. The fourth-order valence-electron chi connectivity index (χ4n) is 3.38. The van der Waals surface area contributed by atoms with Crippen LogP contribution in [0.15, 0.2) is 0 Å². The van der Waals surface area contributed by atoms with Crippen molar-refractivity contribution in [1.82, 2.24) is 0 Å². The molecule has 0 aliphatic heterocycles. The quantitative estimate of drug-likeness (QED) is 0.253. The van der Waals surface area contributed by atoms with E-state index < -0.39 is 12.0 Å². The number of hydrogen-bond donors (Lipinski definition) is 2. The molecule has 1 unspecified atom stereocenters. The molecule has 1 atom stereocenters. The third-order valence-electron chi connectivity index (χ3n) is 5.16. The Hall–Kier alpha value is -0.570. The third-order valence-corrected chi connectivity index (χ3v) is 5.16. The number of carbonyl (C=O) groups is 1. The van der Waals surface area contributed by atoms with E-state index in [1.165, 1.54) is 103 Å². The van der Waals surface area contributed by atoms with Gasteiger partial charge in [-0.25, -0.2) is 0 Å². The van der Waals surface area contributed by atoms with Crippen molar-refractivity contribution in [2.45, 2.75) is 135 Å². The lowest BCUT2D eigenvalue weighted by Gasteiger charge is -2.06. The van der Waals surface area contributed by atoms with E-state index in [2.05, 4.69) is 6.92 Å². The minimum absolute atomic E-state index is 0.522. The Morgan fingerprint density at radius 1 is 0.640 bits per heavy atom. The lowest BCUT2D eigenvalue weighted by atomic mass is 10.0. The van der Waals surface area contributed by atoms with Gasteiger partial charge in [0.25, 0.3) is 0 Å². The van der Waals surface area contributed by atoms with Crippen LogP contribution >= 0.6 is 0 Å². The molecule has 0 aliphatic carbocycles. The molecule has 0 saturated heterocycles. The molecule has 3 heteroatoms. The van der Waals surface area contributed by atoms with Gasteiger partial charge in [-0.15, -0.1) is 0 Å². The van der Waals surface area contributed by atoms with E-state index in [1.54, 1.807) is 0 Å². The summed E-state index contributed by atoms with van der Waals surface area (Å²) in [6.07, 6.45) is 23.8. The zero-order valence-corrected chi connectivity index (χ0v) is 16.9. The van der Waals surface area contributed by atoms with Crippen LogP contribution in [-0.4, -0.2) is 17.1 Å². The Bertz CT molecular complexity index is 281. The van der Waals surface area contributed by atoms with E-state index in [0.29, 0.717) is 6.42 Å². The summed E-state index contributed by atoms with van der Waals surface area (Å²) in [7, 11) is 0. The summed E-state index contributed by atoms with van der Waals surface area (Å²) in [5.74, 6) is -0.591. The van der Waals surface area contributed by atoms with Crippen molar-refractivity contribution in [3.05, 3.63) is 0 Å². The van der Waals surface area contributed by atoms with Crippen molar-refractivity contribution >= 4 is 5.91 Å². The zero-order chi connectivity index (χ0) is 18.6. The van der Waals surface area contributed by atoms with Crippen LogP contribution in [0, 0.1) is 0 Å². The summed E-state index contributed by atoms with van der Waals surface area (Å²) in [4.78, 5) is 10.7. The van der Waals surface area contributed by atoms with Gasteiger partial charge in [-0.1, -0.05) is 122 Å². The summed E-state index contributed by atoms with van der Waals surface area (Å²) >= 11 is 0. The van der Waals surface area contributed by atoms with Gasteiger partial charge in [-0.3, -0.25) is 4.79 Å². The largest absolute Gasteiger partial charge is 0.383 e. The average Bonchev–Trinajstić information content (AvgIpc) is 2.60. The number of primary amides is 1. The Balaban J connectivity index is 3.04. The second-order valence-corrected chi connectivity index (χ2v) is 7.72. The van der Waals surface area contributed by atoms with E-state index >= 15 is 0 Å². The number of hydrogen-bond acceptors (Lipinski definition) is 2. The molecule has 0 aliphatic rings. The average molecular weight is 356 g/mol. The smallest absolute Gasteiger partial charge is 0.246 e. The van der Waals surface area contributed by atoms with E-state index in [4.69, 9.17) is 5.73 Å². The number of rotatable bonds is 20. The molecule has 150 valence electrons. The summed E-state index contributed by atoms with van der Waals surface area (Å²) in [6, 6.07) is 0. The molecule has 0 aromatic heterocycles. The van der Waals surface area contributed by atoms with Crippen LogP contribution in [0.5, 0.6) is 0 Å². The van der Waals surface area contributed by atoms with Crippen LogP contribution in [0.2, 0.25) is 0 Å². The first-order valence-electron chi connectivity index (χ1n) is 11.2. The molecule has 0 radical (unpaired) electrons. The van der Waals surface area contributed by atoms with Crippen molar-refractivity contribution in [1.29, 1.82) is 0 Å². The molecule has 0 saturated carbocycles. The molecule has 0 spiro atoms. The molecular formula is C22H45NO2. The minimum Gasteiger partial charge on any atom is -0.383 e. The Morgan fingerprint density at radius 3 is 1.20 bits per heavy atom. The molecule has 0 fully saturated rings. The second kappa shape index (κ2) is 19.8. The maximum atomic E-state index is 10.7. The molecule has 3 nitrogen and oxygen atoms in total. The van der Waals surface area contributed by atoms with Crippen LogP contribution in [0.3, 0.4) is 0 Å². The molecule has 25 heavy (non-hydrogen) atoms. The van der Waals surface area contributed by atoms with Crippen LogP contribution in [0.25, 0.3) is 0 Å². The molecule has 0 bridgehead atoms. The maximum Gasteiger partial charge on any atom is 0.246 e. The molecular weight excluding hydrogens is 310 g/mol. The Labute approximate surface area is 157 Å². The molecule has 0 aromatic rings. The Kier molecular flexibility index (Phi) is 19.3. The highest BCUT2D eigenvalue weighted by Crippen LogP contribution is 2.14. The number of aliphatic hydroxyl groups is 1. The van der Waals surface area contributed by atoms with E-state index in [1.807, 2.05) is 0 Å². The van der Waals surface area contributed by atoms with Gasteiger partial charge in [0.15, 0.2) is 0 Å². The van der Waals surface area contributed by atoms with Crippen LogP contribution < -0.4 is 5.73 Å². The van der Waals surface area contributed by atoms with Gasteiger partial charge in [0.05, 0.1) is 0 Å². The minimum atomic E-state index is -0.943. The number of aliphatic hydroxyl groups excluding tert-OH is 1. The number of nitrogens with two attached hydrogens (primary N) is 1. The Morgan fingerprint density at radius 2 is 0.920 bits per heavy atom. The SMILES string of the molecule is CCCCCCCCCCCCCCCCCCCCC(O)C(N)=O. The van der Waals surface area contributed by atoms with Crippen LogP contribution in [0.4, 0.5) is 0 Å². The fraction of sp³-hybridized carbons (Fsp3) is 0.955. The number of unbranched alkanes of at least 4 members (excludes halogenated alkanes) is 17. The van der Waals surface area contributed by atoms with Gasteiger partial charge in [0.1, 0.15) is 6.10 Å². The van der Waals surface area contributed by atoms with Crippen molar-refractivity contribution in [2.75, 3.05) is 0 Å². The molecule has 3 N–H and O–H groups in total. The van der Waals surface area contributed by atoms with Gasteiger partial charge < -0.3 is 10.8 Å². The standard InChI is InChI=1S/C22H45NO2/c1-2-3-4-5-6-7-8-9-10-11-12-13-14-15-16-17-18-19-20-21(24)22(23)25/h21,24H,2-20H2,1H3,(H2,23,25). The third kappa shape index (κ3) is 19.6. The summed E-state index contributed by atoms with van der Waals surface area (Å²) < 4.78 is 0. The summed E-state index contributed by atoms with van der Waals surface area (Å²) in [5, 5.41) is 9.29. The van der Waals surface area contributed by atoms with Gasteiger partial charge in [-0.2, -0.15) is 0 Å². The van der Waals surface area contributed by atoms with E-state index in [-0.39, 0.29) is 0 Å². The lowest BCUT2D eigenvalue weighted by molar-refractivity contribution is -0.126. The first kappa shape index (κ1) is 24.4. The molecule has 1 amide bonds. The predicted molar refractivity (Wildman–Crippen MR) is 109 cm³/mol. The van der Waals surface area contributed by atoms with Gasteiger partial charge in [0, 0.05) is 0 Å². The van der Waals surface area contributed by atoms with Gasteiger partial charge >= 0.3 is 0 Å². The lowest BCUT2D eigenvalue weighted by Crippen LogP contribution is -2.27. The van der Waals surface area contributed by atoms with Crippen molar-refractivity contribution in [3.8, 4) is 0 Å². The monoisotopic (exact) mass is 355 g/mol. The van der Waals surface area contributed by atoms with Crippen molar-refractivity contribution in [3.63, 3.8) is 0 Å². The van der Waals surface area contributed by atoms with E-state index in [0.717, 1.165) is 12.8 Å². The van der Waals surface area contributed by atoms with E-state index in [9.17, 15) is 9.90 Å². The van der Waals surface area contributed by atoms with Crippen molar-refractivity contribution < 1.29 is 9.90 Å². The summed E-state index contributed by atoms with van der Waals surface area (Å²) in [5.41, 5.74) is 5.02. The summed E-state index contributed by atoms with van der Waals surface area (Å²) in [6.45, 7) is 2.28. The zero-order valence-electron chi connectivity index (χ0n) is 16.9. The predicted octanol–water partition coefficient (Wildman–Crippen LogP) is 6.26. The first-order valence-corrected chi connectivity index (χ1v) is 11.2. The van der Waals surface area contributed by atoms with Crippen LogP contribution in [-0.2, 0) is 4.79 Å². The van der Waals surface area contributed by atoms with Crippen LogP contribution in [0.1, 0.15) is 129 Å². The highest BCUT2D eigenvalue weighted by Gasteiger charge is 2.09. The maximum absolute atomic E-state index is 10.7. The molecule has 0 heterocycles. The van der Waals surface area contributed by atoms with Crippen molar-refractivity contribution in [2.24, 2.45) is 5.73 Å². The number of amides is 1. The first-order chi connectivity index (χ1) is 12.2. The highest BCUT2D eigenvalue weighted by atomic mass is 16.3. The van der Waals surface area contributed by atoms with Gasteiger partial charge in [-0.05, 0) is 6.42 Å². The normalized spacial score (nSPS) is 12.4. The fourth-order valence-corrected chi connectivity index (χ4v) is 3.38. The highest BCUT2D eigenvalue weighted by molar-refractivity contribution is 5.78. The van der Waals surface area contributed by atoms with Gasteiger partial charge in [0.2, 0.25) is 5.91 Å². The topological polar surface area (TPSA) is 63.3 Å². The second-order valence-electron chi connectivity index (χ2n) is 7.72. The molecule has 0 aromatic carbocycles. The molecule has 0 rings (SSSR count).